The normalized spacial score (nSPS) is 15.2. The number of ether oxygens (including phenoxy) is 2. The Labute approximate surface area is 217 Å². The molecule has 0 saturated heterocycles. The minimum atomic E-state index is -3.94. The standard InChI is InChI=1S/C23H22ClN7O5S/c1-4-36-17-10-5-7-14(25-17)22-28-21-23(31(22)18-15(32)8-6-9-16(18)35-3)27-20(19(24)26-21)29-37(33,34)30(2)13-11-12-13/h6,8-10,13,32H,4,11-12H2,1-3H3,(H,27,29). The molecule has 1 saturated carbocycles. The van der Waals surface area contributed by atoms with Gasteiger partial charge in [-0.05, 0) is 37.6 Å². The lowest BCUT2D eigenvalue weighted by molar-refractivity contribution is 0.330. The van der Waals surface area contributed by atoms with Crippen molar-refractivity contribution < 1.29 is 23.0 Å². The minimum absolute atomic E-state index is 0.0702. The van der Waals surface area contributed by atoms with Crippen LogP contribution in [-0.2, 0) is 14.9 Å². The van der Waals surface area contributed by atoms with Gasteiger partial charge >= 0.3 is 10.2 Å². The Bertz CT molecular complexity index is 1650. The van der Waals surface area contributed by atoms with Gasteiger partial charge in [0.2, 0.25) is 5.90 Å². The molecule has 37 heavy (non-hydrogen) atoms. The van der Waals surface area contributed by atoms with Gasteiger partial charge in [-0.2, -0.15) is 12.7 Å². The molecular formula is C23H22ClN7O5S. The first kappa shape index (κ1) is 24.8. The molecule has 0 amide bonds. The molecule has 1 aliphatic carbocycles. The lowest BCUT2D eigenvalue weighted by atomic mass is 10.2. The van der Waals surface area contributed by atoms with Crippen LogP contribution in [0.15, 0.2) is 40.7 Å². The number of fused-ring (bicyclic) bond motifs is 1. The third-order valence-corrected chi connectivity index (χ3v) is 7.42. The maximum atomic E-state index is 12.9. The summed E-state index contributed by atoms with van der Waals surface area (Å²) in [6.45, 7) is 2.20. The fraction of sp³-hybridized carbons (Fsp3) is 0.304. The zero-order valence-corrected chi connectivity index (χ0v) is 21.6. The number of benzene rings is 1. The van der Waals surface area contributed by atoms with Crippen LogP contribution in [0, 0.1) is 0 Å². The highest BCUT2D eigenvalue weighted by atomic mass is 35.5. The predicted molar refractivity (Wildman–Crippen MR) is 137 cm³/mol. The number of methoxy groups -OCH3 is 1. The zero-order chi connectivity index (χ0) is 26.3. The van der Waals surface area contributed by atoms with Crippen molar-refractivity contribution >= 4 is 50.5 Å². The molecule has 2 aromatic heterocycles. The van der Waals surface area contributed by atoms with E-state index < -0.39 is 10.2 Å². The molecule has 0 unspecified atom stereocenters. The Hall–Kier alpha value is -3.86. The van der Waals surface area contributed by atoms with Crippen LogP contribution in [0.5, 0.6) is 11.5 Å². The highest BCUT2D eigenvalue weighted by Crippen LogP contribution is 2.37. The number of anilines is 1. The summed E-state index contributed by atoms with van der Waals surface area (Å²) in [6.07, 6.45) is 3.08. The number of nitrogens with one attached hydrogen (secondary N) is 1. The van der Waals surface area contributed by atoms with Crippen molar-refractivity contribution in [1.29, 1.82) is 0 Å². The van der Waals surface area contributed by atoms with Gasteiger partial charge in [-0.3, -0.25) is 9.29 Å². The van der Waals surface area contributed by atoms with E-state index in [1.807, 2.05) is 6.92 Å². The van der Waals surface area contributed by atoms with Crippen LogP contribution in [0.4, 0.5) is 5.82 Å². The number of para-hydroxylation sites is 1. The Morgan fingerprint density at radius 1 is 1.30 bits per heavy atom. The quantitative estimate of drug-likeness (QED) is 0.412. The Morgan fingerprint density at radius 3 is 2.78 bits per heavy atom. The maximum Gasteiger partial charge on any atom is 0.302 e. The fourth-order valence-electron chi connectivity index (χ4n) is 3.70. The number of aromatic nitrogens is 4. The average Bonchev–Trinajstić information content (AvgIpc) is 3.66. The molecule has 0 spiro atoms. The van der Waals surface area contributed by atoms with E-state index in [0.717, 1.165) is 12.8 Å². The van der Waals surface area contributed by atoms with Crippen LogP contribution < -0.4 is 9.46 Å². The summed E-state index contributed by atoms with van der Waals surface area (Å²) < 4.78 is 41.8. The van der Waals surface area contributed by atoms with E-state index in [-0.39, 0.29) is 62.9 Å². The van der Waals surface area contributed by atoms with Gasteiger partial charge in [0.05, 0.1) is 19.8 Å². The third-order valence-electron chi connectivity index (χ3n) is 5.65. The Morgan fingerprint density at radius 2 is 2.08 bits per heavy atom. The molecule has 0 bridgehead atoms. The number of phenolic OH excluding ortho intramolecular Hbond substituents is 1. The molecular weight excluding hydrogens is 522 g/mol. The van der Waals surface area contributed by atoms with Crippen LogP contribution in [0.25, 0.3) is 22.7 Å². The van der Waals surface area contributed by atoms with Gasteiger partial charge in [-0.15, -0.1) is 0 Å². The minimum Gasteiger partial charge on any atom is -0.506 e. The van der Waals surface area contributed by atoms with E-state index >= 15 is 0 Å². The van der Waals surface area contributed by atoms with Gasteiger partial charge in [-0.1, -0.05) is 23.4 Å². The summed E-state index contributed by atoms with van der Waals surface area (Å²) in [5.74, 6) is 0.388. The van der Waals surface area contributed by atoms with Crippen molar-refractivity contribution in [2.75, 3.05) is 25.5 Å². The summed E-state index contributed by atoms with van der Waals surface area (Å²) in [5, 5.41) is 10.6. The molecule has 1 aromatic carbocycles. The maximum absolute atomic E-state index is 12.9. The number of rotatable bonds is 8. The summed E-state index contributed by atoms with van der Waals surface area (Å²) in [7, 11) is -1.01. The second kappa shape index (κ2) is 9.55. The van der Waals surface area contributed by atoms with E-state index in [4.69, 9.17) is 21.1 Å². The van der Waals surface area contributed by atoms with Gasteiger partial charge in [0.25, 0.3) is 0 Å². The third kappa shape index (κ3) is 4.66. The van der Waals surface area contributed by atoms with Gasteiger partial charge in [0.1, 0.15) is 17.2 Å². The van der Waals surface area contributed by atoms with E-state index in [9.17, 15) is 13.5 Å². The topological polar surface area (TPSA) is 144 Å². The summed E-state index contributed by atoms with van der Waals surface area (Å²) in [6, 6.07) is 4.64. The summed E-state index contributed by atoms with van der Waals surface area (Å²) in [4.78, 5) is 17.7. The molecule has 0 atom stereocenters. The average molecular weight is 544 g/mol. The fourth-order valence-corrected chi connectivity index (χ4v) is 5.06. The number of hydrogen-bond donors (Lipinski definition) is 2. The molecule has 1 aliphatic heterocycles. The zero-order valence-electron chi connectivity index (χ0n) is 20.1. The van der Waals surface area contributed by atoms with Gasteiger partial charge in [0, 0.05) is 13.1 Å². The number of aromatic hydroxyl groups is 1. The molecule has 2 N–H and O–H groups in total. The lowest BCUT2D eigenvalue weighted by Crippen LogP contribution is -2.34. The largest absolute Gasteiger partial charge is 0.506 e. The highest BCUT2D eigenvalue weighted by Gasteiger charge is 2.35. The molecule has 3 aromatic rings. The Kier molecular flexibility index (Phi) is 6.40. The molecule has 14 heteroatoms. The van der Waals surface area contributed by atoms with Crippen molar-refractivity contribution in [2.45, 2.75) is 25.8 Å². The second-order valence-electron chi connectivity index (χ2n) is 8.11. The SMILES string of the molecule is CCOC1=NC(c2nc3nc(Cl)c(NS(=O)(=O)N(C)C4CC4)nc3n2-c2c(O)cccc2OC)=C=C=C1. The molecule has 3 heterocycles. The number of aliphatic imine (C=N–C) groups is 1. The van der Waals surface area contributed by atoms with Crippen LogP contribution >= 0.6 is 11.6 Å². The van der Waals surface area contributed by atoms with Crippen molar-refractivity contribution in [3.63, 3.8) is 0 Å². The van der Waals surface area contributed by atoms with Crippen LogP contribution in [-0.4, -0.2) is 70.1 Å². The lowest BCUT2D eigenvalue weighted by Gasteiger charge is -2.18. The van der Waals surface area contributed by atoms with Crippen molar-refractivity contribution in [2.24, 2.45) is 4.99 Å². The predicted octanol–water partition coefficient (Wildman–Crippen LogP) is 3.03. The van der Waals surface area contributed by atoms with E-state index in [2.05, 4.69) is 36.1 Å². The first-order valence-electron chi connectivity index (χ1n) is 11.2. The van der Waals surface area contributed by atoms with Crippen molar-refractivity contribution in [3.05, 3.63) is 46.7 Å². The number of imidazole rings is 1. The first-order chi connectivity index (χ1) is 17.7. The van der Waals surface area contributed by atoms with E-state index in [1.165, 1.54) is 35.2 Å². The molecule has 12 nitrogen and oxygen atoms in total. The van der Waals surface area contributed by atoms with Crippen molar-refractivity contribution in [3.8, 4) is 17.2 Å². The van der Waals surface area contributed by atoms with Gasteiger partial charge < -0.3 is 14.6 Å². The number of nitrogens with zero attached hydrogens (tertiary/aromatic N) is 6. The molecule has 1 fully saturated rings. The van der Waals surface area contributed by atoms with Crippen LogP contribution in [0.2, 0.25) is 5.15 Å². The number of phenols is 1. The van der Waals surface area contributed by atoms with Gasteiger partial charge in [-0.25, -0.2) is 19.9 Å². The first-order valence-corrected chi connectivity index (χ1v) is 13.1. The molecule has 0 radical (unpaired) electrons. The molecule has 192 valence electrons. The van der Waals surface area contributed by atoms with E-state index in [1.54, 1.807) is 12.1 Å². The van der Waals surface area contributed by atoms with Crippen molar-refractivity contribution in [1.82, 2.24) is 23.8 Å². The van der Waals surface area contributed by atoms with E-state index in [0.29, 0.717) is 6.61 Å². The summed E-state index contributed by atoms with van der Waals surface area (Å²) in [5.41, 5.74) is 6.27. The van der Waals surface area contributed by atoms with Gasteiger partial charge in [0.15, 0.2) is 33.8 Å². The number of halogens is 1. The monoisotopic (exact) mass is 543 g/mol. The highest BCUT2D eigenvalue weighted by molar-refractivity contribution is 7.90. The number of hydrogen-bond acceptors (Lipinski definition) is 9. The van der Waals surface area contributed by atoms with Crippen LogP contribution in [0.1, 0.15) is 25.6 Å². The van der Waals surface area contributed by atoms with Crippen LogP contribution in [0.3, 0.4) is 0 Å². The smallest absolute Gasteiger partial charge is 0.302 e. The Balaban J connectivity index is 1.75. The second-order valence-corrected chi connectivity index (χ2v) is 10.2. The molecule has 5 rings (SSSR count). The molecule has 2 aliphatic rings. The summed E-state index contributed by atoms with van der Waals surface area (Å²) >= 11 is 6.33.